The summed E-state index contributed by atoms with van der Waals surface area (Å²) in [5, 5.41) is 1.58. The third-order valence-electron chi connectivity index (χ3n) is 3.63. The predicted molar refractivity (Wildman–Crippen MR) is 80.7 cm³/mol. The van der Waals surface area contributed by atoms with Crippen molar-refractivity contribution in [3.63, 3.8) is 0 Å². The van der Waals surface area contributed by atoms with E-state index in [-0.39, 0.29) is 17.8 Å². The monoisotopic (exact) mass is 289 g/mol. The van der Waals surface area contributed by atoms with E-state index < -0.39 is 5.41 Å². The molecule has 0 spiro atoms. The van der Waals surface area contributed by atoms with Gasteiger partial charge < -0.3 is 4.84 Å². The van der Waals surface area contributed by atoms with E-state index in [0.29, 0.717) is 12.1 Å². The summed E-state index contributed by atoms with van der Waals surface area (Å²) in [4.78, 5) is 30.2. The highest BCUT2D eigenvalue weighted by atomic mass is 16.7. The van der Waals surface area contributed by atoms with Crippen molar-refractivity contribution in [2.24, 2.45) is 5.41 Å². The van der Waals surface area contributed by atoms with Crippen LogP contribution in [0.3, 0.4) is 0 Å². The van der Waals surface area contributed by atoms with E-state index in [0.717, 1.165) is 19.3 Å². The summed E-state index contributed by atoms with van der Waals surface area (Å²) in [7, 11) is 0. The summed E-state index contributed by atoms with van der Waals surface area (Å²) in [5.74, 6) is -0.271. The van der Waals surface area contributed by atoms with Gasteiger partial charge >= 0.3 is 5.97 Å². The molecule has 0 aliphatic carbocycles. The first-order valence-electron chi connectivity index (χ1n) is 7.48. The number of hydroxylamine groups is 2. The smallest absolute Gasteiger partial charge is 0.330 e. The van der Waals surface area contributed by atoms with Crippen LogP contribution in [0.25, 0.3) is 0 Å². The molecule has 1 aromatic carbocycles. The Bertz CT molecular complexity index is 505. The molecule has 4 heteroatoms. The molecule has 1 saturated heterocycles. The maximum Gasteiger partial charge on any atom is 0.330 e. The molecule has 1 aliphatic rings. The highest BCUT2D eigenvalue weighted by Gasteiger charge is 2.34. The Morgan fingerprint density at radius 2 is 1.81 bits per heavy atom. The van der Waals surface area contributed by atoms with Gasteiger partial charge in [-0.3, -0.25) is 4.79 Å². The minimum Gasteiger partial charge on any atom is -0.367 e. The first-order chi connectivity index (χ1) is 9.89. The molecule has 1 aromatic rings. The van der Waals surface area contributed by atoms with Gasteiger partial charge in [0.05, 0.1) is 5.41 Å². The van der Waals surface area contributed by atoms with Crippen LogP contribution in [0.15, 0.2) is 30.3 Å². The topological polar surface area (TPSA) is 46.6 Å². The molecular weight excluding hydrogens is 266 g/mol. The third kappa shape index (κ3) is 3.91. The van der Waals surface area contributed by atoms with E-state index in [9.17, 15) is 9.59 Å². The number of Topliss-reactive ketones (excluding diaryl/α,β-unsaturated/α-hetero) is 1. The number of nitrogens with zero attached hydrogens (tertiary/aromatic N) is 1. The van der Waals surface area contributed by atoms with Crippen molar-refractivity contribution < 1.29 is 14.4 Å². The number of carbonyl (C=O) groups is 2. The van der Waals surface area contributed by atoms with Crippen LogP contribution in [0, 0.1) is 5.41 Å². The lowest BCUT2D eigenvalue weighted by atomic mass is 9.95. The summed E-state index contributed by atoms with van der Waals surface area (Å²) in [6.07, 6.45) is 2.65. The Morgan fingerprint density at radius 1 is 1.14 bits per heavy atom. The molecule has 0 radical (unpaired) electrons. The molecule has 0 bridgehead atoms. The molecule has 0 amide bonds. The minimum absolute atomic E-state index is 0.0250. The number of benzene rings is 1. The summed E-state index contributed by atoms with van der Waals surface area (Å²) >= 11 is 0. The van der Waals surface area contributed by atoms with Crippen molar-refractivity contribution in [1.29, 1.82) is 0 Å². The van der Waals surface area contributed by atoms with E-state index >= 15 is 0 Å². The minimum atomic E-state index is -0.572. The van der Waals surface area contributed by atoms with Crippen molar-refractivity contribution in [3.05, 3.63) is 35.9 Å². The number of hydrogen-bond donors (Lipinski definition) is 0. The summed E-state index contributed by atoms with van der Waals surface area (Å²) in [5.41, 5.74) is 0.0961. The molecule has 114 valence electrons. The molecular formula is C17H23NO3. The normalized spacial score (nSPS) is 20.0. The quantitative estimate of drug-likeness (QED) is 0.802. The Kier molecular flexibility index (Phi) is 4.78. The molecule has 0 N–H and O–H groups in total. The van der Waals surface area contributed by atoms with Gasteiger partial charge in [-0.05, 0) is 40.0 Å². The van der Waals surface area contributed by atoms with Gasteiger partial charge in [-0.2, -0.15) is 0 Å². The molecule has 1 unspecified atom stereocenters. The zero-order valence-corrected chi connectivity index (χ0v) is 13.0. The molecule has 2 rings (SSSR count). The maximum absolute atomic E-state index is 12.6. The van der Waals surface area contributed by atoms with Gasteiger partial charge in [-0.15, -0.1) is 5.06 Å². The van der Waals surface area contributed by atoms with Crippen molar-refractivity contribution in [2.75, 3.05) is 6.54 Å². The van der Waals surface area contributed by atoms with Crippen molar-refractivity contribution in [1.82, 2.24) is 5.06 Å². The highest BCUT2D eigenvalue weighted by Crippen LogP contribution is 2.24. The molecule has 1 atom stereocenters. The fraction of sp³-hybridized carbons (Fsp3) is 0.529. The second kappa shape index (κ2) is 6.39. The zero-order chi connectivity index (χ0) is 15.5. The lowest BCUT2D eigenvalue weighted by Gasteiger charge is -2.34. The van der Waals surface area contributed by atoms with E-state index in [1.54, 1.807) is 17.2 Å². The van der Waals surface area contributed by atoms with Crippen LogP contribution in [0.1, 0.15) is 50.4 Å². The first kappa shape index (κ1) is 15.7. The molecule has 4 nitrogen and oxygen atoms in total. The van der Waals surface area contributed by atoms with Crippen LogP contribution >= 0.6 is 0 Å². The highest BCUT2D eigenvalue weighted by molar-refractivity contribution is 6.00. The summed E-state index contributed by atoms with van der Waals surface area (Å²) in [6, 6.07) is 8.83. The number of ketones is 1. The fourth-order valence-corrected chi connectivity index (χ4v) is 2.31. The van der Waals surface area contributed by atoms with Gasteiger partial charge in [0, 0.05) is 12.1 Å². The van der Waals surface area contributed by atoms with Crippen LogP contribution in [-0.2, 0) is 9.63 Å². The largest absolute Gasteiger partial charge is 0.367 e. The summed E-state index contributed by atoms with van der Waals surface area (Å²) < 4.78 is 0. The Balaban J connectivity index is 2.12. The first-order valence-corrected chi connectivity index (χ1v) is 7.48. The van der Waals surface area contributed by atoms with Crippen LogP contribution in [0.5, 0.6) is 0 Å². The van der Waals surface area contributed by atoms with Gasteiger partial charge in [-0.1, -0.05) is 30.3 Å². The van der Waals surface area contributed by atoms with Crippen LogP contribution in [0.2, 0.25) is 0 Å². The Morgan fingerprint density at radius 3 is 2.43 bits per heavy atom. The molecule has 1 heterocycles. The molecule has 0 saturated carbocycles. The average Bonchev–Trinajstić information content (AvgIpc) is 2.47. The van der Waals surface area contributed by atoms with Gasteiger partial charge in [0.1, 0.15) is 6.04 Å². The van der Waals surface area contributed by atoms with Crippen LogP contribution < -0.4 is 0 Å². The number of carbonyl (C=O) groups excluding carboxylic acids is 2. The third-order valence-corrected chi connectivity index (χ3v) is 3.63. The SMILES string of the molecule is CC(C)(C)C(=O)ON1CCCCC1C(=O)c1ccccc1. The van der Waals surface area contributed by atoms with Crippen molar-refractivity contribution >= 4 is 11.8 Å². The molecule has 1 aliphatic heterocycles. The lowest BCUT2D eigenvalue weighted by Crippen LogP contribution is -2.47. The van der Waals surface area contributed by atoms with E-state index in [1.165, 1.54) is 0 Å². The van der Waals surface area contributed by atoms with E-state index in [2.05, 4.69) is 0 Å². The van der Waals surface area contributed by atoms with Gasteiger partial charge in [0.2, 0.25) is 0 Å². The summed E-state index contributed by atoms with van der Waals surface area (Å²) in [6.45, 7) is 6.05. The van der Waals surface area contributed by atoms with Gasteiger partial charge in [0.15, 0.2) is 5.78 Å². The lowest BCUT2D eigenvalue weighted by molar-refractivity contribution is -0.211. The zero-order valence-electron chi connectivity index (χ0n) is 13.0. The fourth-order valence-electron chi connectivity index (χ4n) is 2.31. The second-order valence-electron chi connectivity index (χ2n) is 6.51. The van der Waals surface area contributed by atoms with Crippen LogP contribution in [-0.4, -0.2) is 29.4 Å². The van der Waals surface area contributed by atoms with Crippen molar-refractivity contribution in [3.8, 4) is 0 Å². The number of hydrogen-bond acceptors (Lipinski definition) is 4. The number of piperidine rings is 1. The predicted octanol–water partition coefficient (Wildman–Crippen LogP) is 3.23. The van der Waals surface area contributed by atoms with Crippen molar-refractivity contribution in [2.45, 2.75) is 46.1 Å². The molecule has 1 fully saturated rings. The second-order valence-corrected chi connectivity index (χ2v) is 6.51. The Labute approximate surface area is 126 Å². The number of rotatable bonds is 3. The Hall–Kier alpha value is -1.68. The standard InChI is InChI=1S/C17H23NO3/c1-17(2,3)16(20)21-18-12-8-7-11-14(18)15(19)13-9-5-4-6-10-13/h4-6,9-10,14H,7-8,11-12H2,1-3H3. The molecule has 21 heavy (non-hydrogen) atoms. The van der Waals surface area contributed by atoms with Gasteiger partial charge in [0.25, 0.3) is 0 Å². The molecule has 0 aromatic heterocycles. The van der Waals surface area contributed by atoms with Crippen LogP contribution in [0.4, 0.5) is 0 Å². The van der Waals surface area contributed by atoms with E-state index in [4.69, 9.17) is 4.84 Å². The average molecular weight is 289 g/mol. The van der Waals surface area contributed by atoms with E-state index in [1.807, 2.05) is 39.0 Å². The van der Waals surface area contributed by atoms with Gasteiger partial charge in [-0.25, -0.2) is 4.79 Å². The maximum atomic E-state index is 12.6.